The Kier molecular flexibility index (Phi) is 4.06. The Bertz CT molecular complexity index is 418. The Morgan fingerprint density at radius 2 is 2.06 bits per heavy atom. The van der Waals surface area contributed by atoms with Crippen molar-refractivity contribution in [2.24, 2.45) is 5.41 Å². The van der Waals surface area contributed by atoms with E-state index in [9.17, 15) is 5.26 Å². The van der Waals surface area contributed by atoms with Gasteiger partial charge in [-0.1, -0.05) is 41.3 Å². The quantitative estimate of drug-likeness (QED) is 0.832. The van der Waals surface area contributed by atoms with Crippen molar-refractivity contribution in [3.8, 4) is 11.8 Å². The van der Waals surface area contributed by atoms with Crippen molar-refractivity contribution in [2.75, 3.05) is 6.61 Å². The van der Waals surface area contributed by atoms with Gasteiger partial charge in [0.15, 0.2) is 0 Å². The number of benzene rings is 1. The van der Waals surface area contributed by atoms with Crippen molar-refractivity contribution >= 4 is 15.9 Å². The van der Waals surface area contributed by atoms with Gasteiger partial charge in [-0.15, -0.1) is 0 Å². The first-order valence-electron chi connectivity index (χ1n) is 6.04. The Hall–Kier alpha value is -1.01. The van der Waals surface area contributed by atoms with E-state index >= 15 is 0 Å². The molecule has 0 amide bonds. The second-order valence-electron chi connectivity index (χ2n) is 4.70. The van der Waals surface area contributed by atoms with Gasteiger partial charge in [0.05, 0.1) is 11.5 Å². The summed E-state index contributed by atoms with van der Waals surface area (Å²) in [5.41, 5.74) is -0.263. The van der Waals surface area contributed by atoms with E-state index in [0.717, 1.165) is 35.9 Å². The molecule has 90 valence electrons. The van der Waals surface area contributed by atoms with Crippen molar-refractivity contribution < 1.29 is 4.74 Å². The van der Waals surface area contributed by atoms with Crippen LogP contribution in [0.25, 0.3) is 0 Å². The summed E-state index contributed by atoms with van der Waals surface area (Å²) in [6.45, 7) is 0.514. The van der Waals surface area contributed by atoms with Crippen molar-refractivity contribution in [1.82, 2.24) is 0 Å². The van der Waals surface area contributed by atoms with Crippen molar-refractivity contribution in [1.29, 1.82) is 5.26 Å². The maximum atomic E-state index is 9.33. The number of ether oxygens (including phenoxy) is 1. The summed E-state index contributed by atoms with van der Waals surface area (Å²) in [5.74, 6) is 0.833. The first kappa shape index (κ1) is 12.4. The highest BCUT2D eigenvalue weighted by molar-refractivity contribution is 9.10. The normalized spacial score (nSPS) is 18.4. The molecule has 0 radical (unpaired) electrons. The molecule has 0 N–H and O–H groups in total. The molecule has 1 aromatic rings. The van der Waals surface area contributed by atoms with Crippen molar-refractivity contribution in [2.45, 2.75) is 32.1 Å². The van der Waals surface area contributed by atoms with Crippen LogP contribution in [0.4, 0.5) is 0 Å². The van der Waals surface area contributed by atoms with Crippen LogP contribution in [0.2, 0.25) is 0 Å². The third-order valence-electron chi connectivity index (χ3n) is 3.36. The lowest BCUT2D eigenvalue weighted by molar-refractivity contribution is 0.150. The Morgan fingerprint density at radius 1 is 1.29 bits per heavy atom. The third kappa shape index (κ3) is 3.23. The standard InChI is InChI=1S/C14H16BrNO/c15-12-5-4-6-13(9-12)17-11-14(10-16)7-2-1-3-8-14/h4-6,9H,1-3,7-8,11H2. The molecule has 1 fully saturated rings. The SMILES string of the molecule is N#CC1(COc2cccc(Br)c2)CCCCC1. The van der Waals surface area contributed by atoms with E-state index in [0.29, 0.717) is 6.61 Å². The maximum absolute atomic E-state index is 9.33. The van der Waals surface area contributed by atoms with Crippen LogP contribution in [0.3, 0.4) is 0 Å². The molecule has 1 aliphatic carbocycles. The zero-order chi connectivity index (χ0) is 12.1. The highest BCUT2D eigenvalue weighted by Gasteiger charge is 2.32. The van der Waals surface area contributed by atoms with Gasteiger partial charge in [0.25, 0.3) is 0 Å². The molecule has 17 heavy (non-hydrogen) atoms. The van der Waals surface area contributed by atoms with Crippen LogP contribution >= 0.6 is 15.9 Å². The Labute approximate surface area is 111 Å². The molecule has 0 unspecified atom stereocenters. The summed E-state index contributed by atoms with van der Waals surface area (Å²) in [7, 11) is 0. The molecule has 1 aliphatic rings. The minimum Gasteiger partial charge on any atom is -0.492 e. The van der Waals surface area contributed by atoms with E-state index in [1.54, 1.807) is 0 Å². The number of hydrogen-bond acceptors (Lipinski definition) is 2. The summed E-state index contributed by atoms with van der Waals surface area (Å²) in [6, 6.07) is 10.2. The fourth-order valence-electron chi connectivity index (χ4n) is 2.30. The second kappa shape index (κ2) is 5.55. The van der Waals surface area contributed by atoms with Crippen LogP contribution < -0.4 is 4.74 Å². The summed E-state index contributed by atoms with van der Waals surface area (Å²) < 4.78 is 6.77. The molecule has 0 spiro atoms. The molecule has 1 aromatic carbocycles. The molecule has 0 aromatic heterocycles. The molecule has 0 atom stereocenters. The van der Waals surface area contributed by atoms with Gasteiger partial charge in [-0.3, -0.25) is 0 Å². The monoisotopic (exact) mass is 293 g/mol. The average molecular weight is 294 g/mol. The predicted octanol–water partition coefficient (Wildman–Crippen LogP) is 4.30. The fourth-order valence-corrected chi connectivity index (χ4v) is 2.67. The van der Waals surface area contributed by atoms with E-state index in [1.165, 1.54) is 6.42 Å². The minimum absolute atomic E-state index is 0.263. The number of nitriles is 1. The van der Waals surface area contributed by atoms with Gasteiger partial charge in [-0.2, -0.15) is 5.26 Å². The molecular formula is C14H16BrNO. The van der Waals surface area contributed by atoms with Gasteiger partial charge in [-0.05, 0) is 31.0 Å². The van der Waals surface area contributed by atoms with Crippen LogP contribution in [-0.4, -0.2) is 6.61 Å². The minimum atomic E-state index is -0.263. The summed E-state index contributed by atoms with van der Waals surface area (Å²) >= 11 is 3.41. The molecule has 1 saturated carbocycles. The lowest BCUT2D eigenvalue weighted by atomic mass is 9.76. The number of nitrogens with zero attached hydrogens (tertiary/aromatic N) is 1. The first-order chi connectivity index (χ1) is 8.24. The van der Waals surface area contributed by atoms with Crippen LogP contribution in [-0.2, 0) is 0 Å². The number of rotatable bonds is 3. The summed E-state index contributed by atoms with van der Waals surface area (Å²) in [6.07, 6.45) is 5.49. The molecule has 0 aliphatic heterocycles. The average Bonchev–Trinajstić information content (AvgIpc) is 2.38. The first-order valence-corrected chi connectivity index (χ1v) is 6.83. The van der Waals surface area contributed by atoms with Gasteiger partial charge < -0.3 is 4.74 Å². The highest BCUT2D eigenvalue weighted by Crippen LogP contribution is 2.36. The Balaban J connectivity index is 1.98. The molecule has 0 heterocycles. The zero-order valence-corrected chi connectivity index (χ0v) is 11.4. The third-order valence-corrected chi connectivity index (χ3v) is 3.85. The second-order valence-corrected chi connectivity index (χ2v) is 5.61. The van der Waals surface area contributed by atoms with Crippen LogP contribution in [0.1, 0.15) is 32.1 Å². The van der Waals surface area contributed by atoms with E-state index in [2.05, 4.69) is 22.0 Å². The number of halogens is 1. The lowest BCUT2D eigenvalue weighted by Crippen LogP contribution is -2.29. The largest absolute Gasteiger partial charge is 0.492 e. The maximum Gasteiger partial charge on any atom is 0.120 e. The molecule has 2 rings (SSSR count). The molecular weight excluding hydrogens is 278 g/mol. The summed E-state index contributed by atoms with van der Waals surface area (Å²) in [4.78, 5) is 0. The molecule has 0 saturated heterocycles. The smallest absolute Gasteiger partial charge is 0.120 e. The van der Waals surface area contributed by atoms with Gasteiger partial charge in [0, 0.05) is 4.47 Å². The Morgan fingerprint density at radius 3 is 2.71 bits per heavy atom. The fraction of sp³-hybridized carbons (Fsp3) is 0.500. The van der Waals surface area contributed by atoms with Crippen molar-refractivity contribution in [3.05, 3.63) is 28.7 Å². The van der Waals surface area contributed by atoms with E-state index in [4.69, 9.17) is 4.74 Å². The van der Waals surface area contributed by atoms with Crippen LogP contribution in [0.5, 0.6) is 5.75 Å². The van der Waals surface area contributed by atoms with Crippen molar-refractivity contribution in [3.63, 3.8) is 0 Å². The molecule has 3 heteroatoms. The molecule has 0 bridgehead atoms. The lowest BCUT2D eigenvalue weighted by Gasteiger charge is -2.30. The van der Waals surface area contributed by atoms with Gasteiger partial charge >= 0.3 is 0 Å². The zero-order valence-electron chi connectivity index (χ0n) is 9.79. The molecule has 2 nitrogen and oxygen atoms in total. The van der Waals surface area contributed by atoms with Gasteiger partial charge in [0.1, 0.15) is 12.4 Å². The van der Waals surface area contributed by atoms with Crippen LogP contribution in [0.15, 0.2) is 28.7 Å². The topological polar surface area (TPSA) is 33.0 Å². The van der Waals surface area contributed by atoms with E-state index < -0.39 is 0 Å². The van der Waals surface area contributed by atoms with E-state index in [-0.39, 0.29) is 5.41 Å². The number of hydrogen-bond donors (Lipinski definition) is 0. The van der Waals surface area contributed by atoms with Crippen LogP contribution in [0, 0.1) is 16.7 Å². The van der Waals surface area contributed by atoms with Gasteiger partial charge in [0.2, 0.25) is 0 Å². The van der Waals surface area contributed by atoms with E-state index in [1.807, 2.05) is 24.3 Å². The predicted molar refractivity (Wildman–Crippen MR) is 70.8 cm³/mol. The van der Waals surface area contributed by atoms with Gasteiger partial charge in [-0.25, -0.2) is 0 Å². The highest BCUT2D eigenvalue weighted by atomic mass is 79.9. The summed E-state index contributed by atoms with van der Waals surface area (Å²) in [5, 5.41) is 9.33.